The molecule has 3 heteroatoms. The molecule has 138 valence electrons. The Kier molecular flexibility index (Phi) is 7.19. The number of hydrogen-bond acceptors (Lipinski definition) is 1. The van der Waals surface area contributed by atoms with Gasteiger partial charge in [0.2, 0.25) is 0 Å². The van der Waals surface area contributed by atoms with E-state index in [0.29, 0.717) is 0 Å². The van der Waals surface area contributed by atoms with Crippen LogP contribution in [0, 0.1) is 0 Å². The maximum absolute atomic E-state index is 10.6. The van der Waals surface area contributed by atoms with Crippen LogP contribution in [0.2, 0.25) is 0 Å². The van der Waals surface area contributed by atoms with Crippen LogP contribution < -0.4 is 5.30 Å². The molecule has 0 aliphatic rings. The van der Waals surface area contributed by atoms with Crippen molar-refractivity contribution in [1.82, 2.24) is 0 Å². The number of rotatable bonds is 9. The molecular weight excluding hydrogens is 351 g/mol. The second-order valence-corrected chi connectivity index (χ2v) is 7.98. The lowest BCUT2D eigenvalue weighted by Crippen LogP contribution is -2.03. The van der Waals surface area contributed by atoms with Crippen molar-refractivity contribution in [3.63, 3.8) is 0 Å². The van der Waals surface area contributed by atoms with Crippen molar-refractivity contribution in [2.75, 3.05) is 6.16 Å². The van der Waals surface area contributed by atoms with Crippen molar-refractivity contribution in [3.05, 3.63) is 78.9 Å². The molecule has 0 amide bonds. The Hall–Kier alpha value is -2.44. The van der Waals surface area contributed by atoms with Gasteiger partial charge in [0.1, 0.15) is 0 Å². The van der Waals surface area contributed by atoms with E-state index in [1.165, 1.54) is 27.6 Å². The first-order valence-electron chi connectivity index (χ1n) is 9.45. The second-order valence-electron chi connectivity index (χ2n) is 6.59. The van der Waals surface area contributed by atoms with Gasteiger partial charge in [-0.15, -0.1) is 0 Å². The summed E-state index contributed by atoms with van der Waals surface area (Å²) in [5.41, 5.74) is 5.10. The lowest BCUT2D eigenvalue weighted by molar-refractivity contribution is -0.137. The third-order valence-corrected chi connectivity index (χ3v) is 6.00. The van der Waals surface area contributed by atoms with Crippen LogP contribution in [0.4, 0.5) is 0 Å². The van der Waals surface area contributed by atoms with Gasteiger partial charge in [0.25, 0.3) is 0 Å². The lowest BCUT2D eigenvalue weighted by Gasteiger charge is -2.16. The van der Waals surface area contributed by atoms with Crippen molar-refractivity contribution in [2.45, 2.75) is 25.7 Å². The number of carboxylic acid groups (broad SMARTS) is 1. The summed E-state index contributed by atoms with van der Waals surface area (Å²) in [6.45, 7) is 0. The van der Waals surface area contributed by atoms with E-state index in [1.807, 2.05) is 0 Å². The zero-order valence-corrected chi connectivity index (χ0v) is 16.4. The van der Waals surface area contributed by atoms with Gasteiger partial charge in [-0.05, 0) is 46.6 Å². The fourth-order valence-corrected chi connectivity index (χ4v) is 4.64. The average molecular weight is 376 g/mol. The van der Waals surface area contributed by atoms with E-state index in [0.717, 1.165) is 34.0 Å². The minimum absolute atomic E-state index is 0.280. The Morgan fingerprint density at radius 2 is 1.41 bits per heavy atom. The molecule has 1 unspecified atom stereocenters. The van der Waals surface area contributed by atoms with E-state index in [1.54, 1.807) is 0 Å². The van der Waals surface area contributed by atoms with Crippen molar-refractivity contribution >= 4 is 19.9 Å². The van der Waals surface area contributed by atoms with Gasteiger partial charge in [0, 0.05) is 6.42 Å². The standard InChI is InChI=1S/C24H25O2P/c25-23(26)17-8-3-9-18-27-22-16-10-15-21(19-11-4-1-5-12-19)24(22)20-13-6-2-7-14-20/h1-2,4-7,10-16,27H,3,8-9,17-18H2,(H,25,26). The minimum Gasteiger partial charge on any atom is -0.481 e. The number of benzene rings is 3. The van der Waals surface area contributed by atoms with Crippen LogP contribution in [0.1, 0.15) is 25.7 Å². The average Bonchev–Trinajstić information content (AvgIpc) is 2.71. The van der Waals surface area contributed by atoms with Gasteiger partial charge < -0.3 is 5.11 Å². The van der Waals surface area contributed by atoms with Gasteiger partial charge in [0.05, 0.1) is 0 Å². The highest BCUT2D eigenvalue weighted by molar-refractivity contribution is 7.47. The van der Waals surface area contributed by atoms with Gasteiger partial charge >= 0.3 is 5.97 Å². The van der Waals surface area contributed by atoms with Crippen LogP contribution >= 0.6 is 8.58 Å². The van der Waals surface area contributed by atoms with Crippen molar-refractivity contribution in [2.24, 2.45) is 0 Å². The Bertz CT molecular complexity index is 860. The van der Waals surface area contributed by atoms with E-state index in [9.17, 15) is 4.79 Å². The molecule has 0 aromatic heterocycles. The molecular formula is C24H25O2P. The van der Waals surface area contributed by atoms with Gasteiger partial charge in [0.15, 0.2) is 0 Å². The van der Waals surface area contributed by atoms with Gasteiger partial charge in [-0.1, -0.05) is 93.9 Å². The molecule has 0 fully saturated rings. The van der Waals surface area contributed by atoms with Crippen molar-refractivity contribution < 1.29 is 9.90 Å². The first-order valence-corrected chi connectivity index (χ1v) is 10.7. The van der Waals surface area contributed by atoms with Gasteiger partial charge in [-0.25, -0.2) is 0 Å². The highest BCUT2D eigenvalue weighted by atomic mass is 31.1. The summed E-state index contributed by atoms with van der Waals surface area (Å²) in [5.74, 6) is -0.695. The third kappa shape index (κ3) is 5.52. The van der Waals surface area contributed by atoms with Crippen molar-refractivity contribution in [3.8, 4) is 22.3 Å². The molecule has 3 rings (SSSR count). The zero-order valence-electron chi connectivity index (χ0n) is 15.4. The number of unbranched alkanes of at least 4 members (excludes halogenated alkanes) is 2. The fraction of sp³-hybridized carbons (Fsp3) is 0.208. The normalized spacial score (nSPS) is 11.1. The highest BCUT2D eigenvalue weighted by Gasteiger charge is 2.12. The first kappa shape index (κ1) is 19.3. The number of aliphatic carboxylic acids is 1. The SMILES string of the molecule is O=C(O)CCCCCPc1cccc(-c2ccccc2)c1-c1ccccc1. The molecule has 0 aliphatic carbocycles. The first-order chi connectivity index (χ1) is 13.3. The van der Waals surface area contributed by atoms with Gasteiger partial charge in [-0.2, -0.15) is 0 Å². The zero-order chi connectivity index (χ0) is 18.9. The van der Waals surface area contributed by atoms with Crippen LogP contribution in [0.3, 0.4) is 0 Å². The molecule has 0 spiro atoms. The molecule has 1 N–H and O–H groups in total. The summed E-state index contributed by atoms with van der Waals surface area (Å²) in [4.78, 5) is 10.6. The van der Waals surface area contributed by atoms with E-state index in [-0.39, 0.29) is 6.42 Å². The van der Waals surface area contributed by atoms with Crippen LogP contribution in [-0.4, -0.2) is 17.2 Å². The molecule has 0 saturated heterocycles. The molecule has 27 heavy (non-hydrogen) atoms. The summed E-state index contributed by atoms with van der Waals surface area (Å²) >= 11 is 0. The van der Waals surface area contributed by atoms with E-state index in [4.69, 9.17) is 5.11 Å². The summed E-state index contributed by atoms with van der Waals surface area (Å²) in [5, 5.41) is 10.1. The largest absolute Gasteiger partial charge is 0.481 e. The minimum atomic E-state index is -0.695. The number of carbonyl (C=O) groups is 1. The Morgan fingerprint density at radius 3 is 2.07 bits per heavy atom. The van der Waals surface area contributed by atoms with Crippen molar-refractivity contribution in [1.29, 1.82) is 0 Å². The molecule has 3 aromatic rings. The summed E-state index contributed by atoms with van der Waals surface area (Å²) < 4.78 is 0. The van der Waals surface area contributed by atoms with Crippen LogP contribution in [-0.2, 0) is 4.79 Å². The van der Waals surface area contributed by atoms with E-state index < -0.39 is 5.97 Å². The Morgan fingerprint density at radius 1 is 0.741 bits per heavy atom. The molecule has 0 bridgehead atoms. The molecule has 2 nitrogen and oxygen atoms in total. The molecule has 0 radical (unpaired) electrons. The molecule has 0 aliphatic heterocycles. The maximum atomic E-state index is 10.6. The summed E-state index contributed by atoms with van der Waals surface area (Å²) in [6, 6.07) is 27.8. The molecule has 3 aromatic carbocycles. The monoisotopic (exact) mass is 376 g/mol. The fourth-order valence-electron chi connectivity index (χ4n) is 3.27. The summed E-state index contributed by atoms with van der Waals surface area (Å²) in [7, 11) is 0.728. The highest BCUT2D eigenvalue weighted by Crippen LogP contribution is 2.34. The molecule has 0 heterocycles. The van der Waals surface area contributed by atoms with Gasteiger partial charge in [-0.3, -0.25) is 4.79 Å². The third-order valence-electron chi connectivity index (χ3n) is 4.59. The quantitative estimate of drug-likeness (QED) is 0.369. The molecule has 0 saturated carbocycles. The topological polar surface area (TPSA) is 37.3 Å². The van der Waals surface area contributed by atoms with Crippen LogP contribution in [0.5, 0.6) is 0 Å². The van der Waals surface area contributed by atoms with Crippen LogP contribution in [0.15, 0.2) is 78.9 Å². The summed E-state index contributed by atoms with van der Waals surface area (Å²) in [6.07, 6.45) is 4.23. The number of hydrogen-bond donors (Lipinski definition) is 1. The Balaban J connectivity index is 1.82. The predicted molar refractivity (Wildman–Crippen MR) is 116 cm³/mol. The number of carboxylic acids is 1. The Labute approximate surface area is 163 Å². The van der Waals surface area contributed by atoms with E-state index >= 15 is 0 Å². The lowest BCUT2D eigenvalue weighted by atomic mass is 9.94. The van der Waals surface area contributed by atoms with Crippen LogP contribution in [0.25, 0.3) is 22.3 Å². The van der Waals surface area contributed by atoms with E-state index in [2.05, 4.69) is 78.9 Å². The molecule has 1 atom stereocenters. The maximum Gasteiger partial charge on any atom is 0.303 e. The predicted octanol–water partition coefficient (Wildman–Crippen LogP) is 5.97. The smallest absolute Gasteiger partial charge is 0.303 e. The second kappa shape index (κ2) is 10.0.